The summed E-state index contributed by atoms with van der Waals surface area (Å²) in [6.45, 7) is 0. The molecule has 1 aliphatic carbocycles. The SMILES string of the molecule is O=C(O)c1nn(-c2ccc(Br)cc2[N+](=O)[O-])c2c1CCC2. The molecule has 7 nitrogen and oxygen atoms in total. The molecule has 0 saturated carbocycles. The summed E-state index contributed by atoms with van der Waals surface area (Å²) < 4.78 is 1.98. The van der Waals surface area contributed by atoms with Crippen LogP contribution in [-0.4, -0.2) is 25.8 Å². The van der Waals surface area contributed by atoms with E-state index in [9.17, 15) is 20.0 Å². The topological polar surface area (TPSA) is 98.3 Å². The van der Waals surface area contributed by atoms with Gasteiger partial charge >= 0.3 is 5.97 Å². The van der Waals surface area contributed by atoms with Gasteiger partial charge in [0.05, 0.1) is 4.92 Å². The van der Waals surface area contributed by atoms with Crippen molar-refractivity contribution in [3.05, 3.63) is 49.7 Å². The second kappa shape index (κ2) is 4.96. The van der Waals surface area contributed by atoms with Gasteiger partial charge in [0, 0.05) is 21.8 Å². The molecule has 2 aromatic rings. The summed E-state index contributed by atoms with van der Waals surface area (Å²) in [5.41, 5.74) is 1.59. The first kappa shape index (κ1) is 13.7. The van der Waals surface area contributed by atoms with E-state index in [1.54, 1.807) is 12.1 Å². The van der Waals surface area contributed by atoms with Crippen LogP contribution >= 0.6 is 15.9 Å². The molecule has 0 radical (unpaired) electrons. The van der Waals surface area contributed by atoms with E-state index in [0.29, 0.717) is 22.9 Å². The number of fused-ring (bicyclic) bond motifs is 1. The van der Waals surface area contributed by atoms with Gasteiger partial charge in [0.2, 0.25) is 0 Å². The van der Waals surface area contributed by atoms with Gasteiger partial charge in [-0.15, -0.1) is 0 Å². The first-order valence-corrected chi connectivity index (χ1v) is 7.06. The van der Waals surface area contributed by atoms with Gasteiger partial charge in [0.15, 0.2) is 5.69 Å². The summed E-state index contributed by atoms with van der Waals surface area (Å²) >= 11 is 3.20. The van der Waals surface area contributed by atoms with E-state index in [-0.39, 0.29) is 17.1 Å². The van der Waals surface area contributed by atoms with Crippen LogP contribution in [0.2, 0.25) is 0 Å². The third-order valence-electron chi connectivity index (χ3n) is 3.50. The van der Waals surface area contributed by atoms with Crippen LogP contribution in [0.1, 0.15) is 28.2 Å². The Morgan fingerprint density at radius 1 is 1.43 bits per heavy atom. The Morgan fingerprint density at radius 2 is 2.19 bits per heavy atom. The molecule has 1 N–H and O–H groups in total. The fourth-order valence-corrected chi connectivity index (χ4v) is 2.98. The largest absolute Gasteiger partial charge is 0.476 e. The Balaban J connectivity index is 2.25. The summed E-state index contributed by atoms with van der Waals surface area (Å²) in [7, 11) is 0. The van der Waals surface area contributed by atoms with Gasteiger partial charge in [-0.25, -0.2) is 9.48 Å². The molecule has 1 aromatic heterocycles. The number of halogens is 1. The lowest BCUT2D eigenvalue weighted by Gasteiger charge is -2.06. The molecule has 0 bridgehead atoms. The van der Waals surface area contributed by atoms with Crippen LogP contribution in [0.4, 0.5) is 5.69 Å². The molecule has 0 fully saturated rings. The number of benzene rings is 1. The fraction of sp³-hybridized carbons (Fsp3) is 0.231. The number of aromatic carboxylic acids is 1. The van der Waals surface area contributed by atoms with Crippen LogP contribution in [0.3, 0.4) is 0 Å². The van der Waals surface area contributed by atoms with E-state index < -0.39 is 10.9 Å². The molecule has 0 spiro atoms. The third-order valence-corrected chi connectivity index (χ3v) is 3.99. The lowest BCUT2D eigenvalue weighted by Crippen LogP contribution is -2.07. The lowest BCUT2D eigenvalue weighted by molar-refractivity contribution is -0.384. The molecule has 1 aliphatic rings. The van der Waals surface area contributed by atoms with Crippen LogP contribution in [0, 0.1) is 10.1 Å². The van der Waals surface area contributed by atoms with Crippen molar-refractivity contribution in [2.45, 2.75) is 19.3 Å². The number of carbonyl (C=O) groups is 1. The van der Waals surface area contributed by atoms with Gasteiger partial charge in [0.1, 0.15) is 5.69 Å². The fourth-order valence-electron chi connectivity index (χ4n) is 2.63. The average Bonchev–Trinajstić information content (AvgIpc) is 3.00. The predicted octanol–water partition coefficient (Wildman–Crippen LogP) is 2.73. The molecule has 0 amide bonds. The number of nitro benzene ring substituents is 1. The van der Waals surface area contributed by atoms with Crippen LogP contribution in [-0.2, 0) is 12.8 Å². The van der Waals surface area contributed by atoms with Crippen LogP contribution in [0.25, 0.3) is 5.69 Å². The van der Waals surface area contributed by atoms with Crippen molar-refractivity contribution in [2.24, 2.45) is 0 Å². The van der Waals surface area contributed by atoms with Gasteiger partial charge in [-0.2, -0.15) is 5.10 Å². The highest BCUT2D eigenvalue weighted by molar-refractivity contribution is 9.10. The van der Waals surface area contributed by atoms with Gasteiger partial charge < -0.3 is 5.11 Å². The monoisotopic (exact) mass is 351 g/mol. The predicted molar refractivity (Wildman–Crippen MR) is 76.9 cm³/mol. The number of carboxylic acids is 1. The molecular weight excluding hydrogens is 342 g/mol. The quantitative estimate of drug-likeness (QED) is 0.677. The highest BCUT2D eigenvalue weighted by Crippen LogP contribution is 2.32. The highest BCUT2D eigenvalue weighted by atomic mass is 79.9. The molecule has 8 heteroatoms. The summed E-state index contributed by atoms with van der Waals surface area (Å²) in [6, 6.07) is 4.63. The number of nitro groups is 1. The molecule has 1 aromatic carbocycles. The van der Waals surface area contributed by atoms with Crippen LogP contribution < -0.4 is 0 Å². The maximum Gasteiger partial charge on any atom is 0.356 e. The number of hydrogen-bond donors (Lipinski definition) is 1. The minimum Gasteiger partial charge on any atom is -0.476 e. The minimum absolute atomic E-state index is 0.0142. The lowest BCUT2D eigenvalue weighted by atomic mass is 10.2. The summed E-state index contributed by atoms with van der Waals surface area (Å²) in [5, 5.41) is 24.5. The second-order valence-electron chi connectivity index (χ2n) is 4.73. The van der Waals surface area contributed by atoms with E-state index in [1.165, 1.54) is 10.7 Å². The Hall–Kier alpha value is -2.22. The van der Waals surface area contributed by atoms with Crippen molar-refractivity contribution < 1.29 is 14.8 Å². The van der Waals surface area contributed by atoms with Gasteiger partial charge in [0.25, 0.3) is 5.69 Å². The van der Waals surface area contributed by atoms with Crippen molar-refractivity contribution >= 4 is 27.6 Å². The summed E-state index contributed by atoms with van der Waals surface area (Å²) in [5.74, 6) is -1.10. The van der Waals surface area contributed by atoms with Gasteiger partial charge in [-0.05, 0) is 31.4 Å². The van der Waals surface area contributed by atoms with E-state index >= 15 is 0 Å². The van der Waals surface area contributed by atoms with Crippen molar-refractivity contribution in [3.8, 4) is 5.69 Å². The van der Waals surface area contributed by atoms with E-state index in [4.69, 9.17) is 0 Å². The van der Waals surface area contributed by atoms with Crippen molar-refractivity contribution in [2.75, 3.05) is 0 Å². The number of nitrogens with zero attached hydrogens (tertiary/aromatic N) is 3. The average molecular weight is 352 g/mol. The molecule has 3 rings (SSSR count). The second-order valence-corrected chi connectivity index (χ2v) is 5.65. The molecule has 0 saturated heterocycles. The molecule has 0 aliphatic heterocycles. The van der Waals surface area contributed by atoms with Gasteiger partial charge in [-0.3, -0.25) is 10.1 Å². The zero-order chi connectivity index (χ0) is 15.1. The van der Waals surface area contributed by atoms with Crippen molar-refractivity contribution in [1.29, 1.82) is 0 Å². The zero-order valence-corrected chi connectivity index (χ0v) is 12.3. The molecule has 21 heavy (non-hydrogen) atoms. The van der Waals surface area contributed by atoms with E-state index in [1.807, 2.05) is 0 Å². The third kappa shape index (κ3) is 2.21. The van der Waals surface area contributed by atoms with E-state index in [2.05, 4.69) is 21.0 Å². The zero-order valence-electron chi connectivity index (χ0n) is 10.7. The van der Waals surface area contributed by atoms with Crippen LogP contribution in [0.15, 0.2) is 22.7 Å². The van der Waals surface area contributed by atoms with Crippen molar-refractivity contribution in [1.82, 2.24) is 9.78 Å². The number of carboxylic acid groups (broad SMARTS) is 1. The smallest absolute Gasteiger partial charge is 0.356 e. The van der Waals surface area contributed by atoms with Crippen molar-refractivity contribution in [3.63, 3.8) is 0 Å². The molecule has 108 valence electrons. The highest BCUT2D eigenvalue weighted by Gasteiger charge is 2.29. The normalized spacial score (nSPS) is 13.2. The Morgan fingerprint density at radius 3 is 2.86 bits per heavy atom. The number of aromatic nitrogens is 2. The molecular formula is C13H10BrN3O4. The standard InChI is InChI=1S/C13H10BrN3O4/c14-7-4-5-10(11(6-7)17(20)21)16-9-3-1-2-8(9)12(15-16)13(18)19/h4-6H,1-3H2,(H,18,19). The maximum absolute atomic E-state index is 11.3. The Bertz CT molecular complexity index is 769. The first-order chi connectivity index (χ1) is 9.99. The summed E-state index contributed by atoms with van der Waals surface area (Å²) in [4.78, 5) is 22.0. The molecule has 1 heterocycles. The van der Waals surface area contributed by atoms with Crippen LogP contribution in [0.5, 0.6) is 0 Å². The van der Waals surface area contributed by atoms with E-state index in [0.717, 1.165) is 12.1 Å². The molecule has 0 atom stereocenters. The minimum atomic E-state index is -1.10. The Kier molecular flexibility index (Phi) is 3.25. The maximum atomic E-state index is 11.3. The number of hydrogen-bond acceptors (Lipinski definition) is 4. The Labute approximate surface area is 127 Å². The summed E-state index contributed by atoms with van der Waals surface area (Å²) in [6.07, 6.45) is 2.14. The first-order valence-electron chi connectivity index (χ1n) is 6.27. The molecule has 0 unspecified atom stereocenters. The number of rotatable bonds is 3. The van der Waals surface area contributed by atoms with Gasteiger partial charge in [-0.1, -0.05) is 15.9 Å².